The topological polar surface area (TPSA) is 66.6 Å². The molecule has 0 aromatic heterocycles. The van der Waals surface area contributed by atoms with E-state index in [-0.39, 0.29) is 12.5 Å². The zero-order valence-corrected chi connectivity index (χ0v) is 6.71. The SMILES string of the molecule is CCC1(O)CN(C(=O)CN)C1. The third-order valence-electron chi connectivity index (χ3n) is 2.16. The van der Waals surface area contributed by atoms with Crippen molar-refractivity contribution in [2.24, 2.45) is 5.73 Å². The molecule has 1 fully saturated rings. The molecule has 0 atom stereocenters. The highest BCUT2D eigenvalue weighted by Crippen LogP contribution is 2.23. The van der Waals surface area contributed by atoms with Gasteiger partial charge in [-0.2, -0.15) is 0 Å². The maximum atomic E-state index is 10.9. The summed E-state index contributed by atoms with van der Waals surface area (Å²) in [7, 11) is 0. The van der Waals surface area contributed by atoms with E-state index >= 15 is 0 Å². The van der Waals surface area contributed by atoms with Crippen molar-refractivity contribution in [1.29, 1.82) is 0 Å². The fourth-order valence-electron chi connectivity index (χ4n) is 1.19. The van der Waals surface area contributed by atoms with E-state index in [4.69, 9.17) is 5.73 Å². The van der Waals surface area contributed by atoms with E-state index in [1.54, 1.807) is 4.90 Å². The number of rotatable bonds is 2. The number of likely N-dealkylation sites (tertiary alicyclic amines) is 1. The average Bonchev–Trinajstić information content (AvgIpc) is 1.97. The molecule has 1 rings (SSSR count). The van der Waals surface area contributed by atoms with E-state index in [1.165, 1.54) is 0 Å². The van der Waals surface area contributed by atoms with E-state index in [1.807, 2.05) is 6.92 Å². The molecule has 1 heterocycles. The van der Waals surface area contributed by atoms with Crippen molar-refractivity contribution in [2.45, 2.75) is 18.9 Å². The molecule has 1 aliphatic heterocycles. The van der Waals surface area contributed by atoms with Crippen LogP contribution in [-0.2, 0) is 4.79 Å². The predicted octanol–water partition coefficient (Wildman–Crippen LogP) is -1.07. The van der Waals surface area contributed by atoms with Gasteiger partial charge >= 0.3 is 0 Å². The Bertz CT molecular complexity index is 164. The molecule has 0 radical (unpaired) electrons. The first-order valence-electron chi connectivity index (χ1n) is 3.81. The van der Waals surface area contributed by atoms with Crippen molar-refractivity contribution in [1.82, 2.24) is 4.90 Å². The number of β-amino-alcohol motifs (C(OH)–C–C–N with tert-alkyl or cyclic N) is 1. The number of nitrogens with two attached hydrogens (primary N) is 1. The van der Waals surface area contributed by atoms with Crippen LogP contribution in [0.15, 0.2) is 0 Å². The van der Waals surface area contributed by atoms with E-state index in [2.05, 4.69) is 0 Å². The molecule has 4 nitrogen and oxygen atoms in total. The number of carbonyl (C=O) groups excluding carboxylic acids is 1. The maximum absolute atomic E-state index is 10.9. The highest BCUT2D eigenvalue weighted by atomic mass is 16.3. The molecule has 1 amide bonds. The molecule has 1 aliphatic rings. The summed E-state index contributed by atoms with van der Waals surface area (Å²) in [5, 5.41) is 9.50. The molecule has 0 bridgehead atoms. The van der Waals surface area contributed by atoms with Crippen LogP contribution in [-0.4, -0.2) is 41.1 Å². The minimum atomic E-state index is -0.634. The Labute approximate surface area is 66.0 Å². The molecular formula is C7H14N2O2. The predicted molar refractivity (Wildman–Crippen MR) is 40.9 cm³/mol. The quantitative estimate of drug-likeness (QED) is 0.537. The van der Waals surface area contributed by atoms with E-state index in [0.29, 0.717) is 19.5 Å². The third kappa shape index (κ3) is 1.52. The van der Waals surface area contributed by atoms with Crippen LogP contribution >= 0.6 is 0 Å². The van der Waals surface area contributed by atoms with Gasteiger partial charge in [-0.25, -0.2) is 0 Å². The van der Waals surface area contributed by atoms with Crippen LogP contribution in [0.2, 0.25) is 0 Å². The lowest BCUT2D eigenvalue weighted by atomic mass is 9.91. The first-order chi connectivity index (χ1) is 5.11. The van der Waals surface area contributed by atoms with Gasteiger partial charge in [-0.15, -0.1) is 0 Å². The van der Waals surface area contributed by atoms with Gasteiger partial charge in [0.1, 0.15) is 0 Å². The van der Waals surface area contributed by atoms with Crippen molar-refractivity contribution >= 4 is 5.91 Å². The van der Waals surface area contributed by atoms with Gasteiger partial charge in [-0.1, -0.05) is 6.92 Å². The van der Waals surface area contributed by atoms with Crippen molar-refractivity contribution in [3.63, 3.8) is 0 Å². The second kappa shape index (κ2) is 2.79. The summed E-state index contributed by atoms with van der Waals surface area (Å²) in [5.74, 6) is -0.0804. The van der Waals surface area contributed by atoms with Gasteiger partial charge in [0.15, 0.2) is 0 Å². The molecule has 0 spiro atoms. The van der Waals surface area contributed by atoms with Gasteiger partial charge in [-0.05, 0) is 6.42 Å². The average molecular weight is 158 g/mol. The Morgan fingerprint density at radius 3 is 2.64 bits per heavy atom. The van der Waals surface area contributed by atoms with Crippen molar-refractivity contribution in [2.75, 3.05) is 19.6 Å². The lowest BCUT2D eigenvalue weighted by molar-refractivity contribution is -0.154. The summed E-state index contributed by atoms with van der Waals surface area (Å²) in [6.07, 6.45) is 0.696. The van der Waals surface area contributed by atoms with Gasteiger partial charge in [0.2, 0.25) is 5.91 Å². The molecule has 64 valence electrons. The Balaban J connectivity index is 2.34. The molecule has 0 aromatic rings. The Kier molecular flexibility index (Phi) is 2.15. The van der Waals surface area contributed by atoms with Gasteiger partial charge < -0.3 is 15.7 Å². The van der Waals surface area contributed by atoms with Crippen LogP contribution in [0.3, 0.4) is 0 Å². The van der Waals surface area contributed by atoms with E-state index in [9.17, 15) is 9.90 Å². The fourth-order valence-corrected chi connectivity index (χ4v) is 1.19. The van der Waals surface area contributed by atoms with Crippen LogP contribution in [0.25, 0.3) is 0 Å². The normalized spacial score (nSPS) is 21.2. The number of aliphatic hydroxyl groups is 1. The monoisotopic (exact) mass is 158 g/mol. The van der Waals surface area contributed by atoms with Gasteiger partial charge in [0, 0.05) is 0 Å². The minimum absolute atomic E-state index is 0.0415. The number of hydrogen-bond donors (Lipinski definition) is 2. The Morgan fingerprint density at radius 2 is 2.27 bits per heavy atom. The molecule has 11 heavy (non-hydrogen) atoms. The summed E-state index contributed by atoms with van der Waals surface area (Å²) >= 11 is 0. The van der Waals surface area contributed by atoms with Gasteiger partial charge in [0.25, 0.3) is 0 Å². The van der Waals surface area contributed by atoms with Crippen LogP contribution in [0.5, 0.6) is 0 Å². The largest absolute Gasteiger partial charge is 0.386 e. The van der Waals surface area contributed by atoms with Crippen LogP contribution in [0.1, 0.15) is 13.3 Å². The molecule has 3 N–H and O–H groups in total. The van der Waals surface area contributed by atoms with Crippen LogP contribution in [0, 0.1) is 0 Å². The first-order valence-corrected chi connectivity index (χ1v) is 3.81. The summed E-state index contributed by atoms with van der Waals surface area (Å²) in [6.45, 7) is 2.84. The second-order valence-electron chi connectivity index (χ2n) is 3.03. The lowest BCUT2D eigenvalue weighted by Gasteiger charge is -2.45. The van der Waals surface area contributed by atoms with Crippen molar-refractivity contribution in [3.05, 3.63) is 0 Å². The Morgan fingerprint density at radius 1 is 1.73 bits per heavy atom. The van der Waals surface area contributed by atoms with Gasteiger partial charge in [-0.3, -0.25) is 4.79 Å². The third-order valence-corrected chi connectivity index (χ3v) is 2.16. The van der Waals surface area contributed by atoms with Crippen LogP contribution in [0.4, 0.5) is 0 Å². The highest BCUT2D eigenvalue weighted by molar-refractivity contribution is 5.79. The molecule has 0 aliphatic carbocycles. The summed E-state index contributed by atoms with van der Waals surface area (Å²) < 4.78 is 0. The van der Waals surface area contributed by atoms with E-state index < -0.39 is 5.60 Å². The molecular weight excluding hydrogens is 144 g/mol. The summed E-state index contributed by atoms with van der Waals surface area (Å²) in [6, 6.07) is 0. The molecule has 0 unspecified atom stereocenters. The summed E-state index contributed by atoms with van der Waals surface area (Å²) in [4.78, 5) is 12.5. The highest BCUT2D eigenvalue weighted by Gasteiger charge is 2.41. The zero-order valence-electron chi connectivity index (χ0n) is 6.71. The summed E-state index contributed by atoms with van der Waals surface area (Å²) in [5.41, 5.74) is 4.51. The maximum Gasteiger partial charge on any atom is 0.236 e. The van der Waals surface area contributed by atoms with E-state index in [0.717, 1.165) is 0 Å². The van der Waals surface area contributed by atoms with Crippen LogP contribution < -0.4 is 5.73 Å². The second-order valence-corrected chi connectivity index (χ2v) is 3.03. The standard InChI is InChI=1S/C7H14N2O2/c1-2-7(11)4-9(5-7)6(10)3-8/h11H,2-5,8H2,1H3. The zero-order chi connectivity index (χ0) is 8.48. The van der Waals surface area contributed by atoms with Crippen molar-refractivity contribution < 1.29 is 9.90 Å². The minimum Gasteiger partial charge on any atom is -0.386 e. The van der Waals surface area contributed by atoms with Gasteiger partial charge in [0.05, 0.1) is 25.2 Å². The first kappa shape index (κ1) is 8.49. The van der Waals surface area contributed by atoms with Crippen molar-refractivity contribution in [3.8, 4) is 0 Å². The lowest BCUT2D eigenvalue weighted by Crippen LogP contribution is -2.64. The molecule has 0 saturated carbocycles. The number of amides is 1. The molecule has 4 heteroatoms. The number of nitrogens with zero attached hydrogens (tertiary/aromatic N) is 1. The molecule has 1 saturated heterocycles. The number of carbonyl (C=O) groups is 1. The Hall–Kier alpha value is -0.610. The number of hydrogen-bond acceptors (Lipinski definition) is 3. The smallest absolute Gasteiger partial charge is 0.236 e. The molecule has 0 aromatic carbocycles. The fraction of sp³-hybridized carbons (Fsp3) is 0.857.